The highest BCUT2D eigenvalue weighted by atomic mass is 16.6. The van der Waals surface area contributed by atoms with Gasteiger partial charge in [0.2, 0.25) is 5.82 Å². The Hall–Kier alpha value is -3.43. The quantitative estimate of drug-likeness (QED) is 0.651. The van der Waals surface area contributed by atoms with Crippen molar-refractivity contribution in [3.05, 3.63) is 52.0 Å². The number of amides is 2. The van der Waals surface area contributed by atoms with Crippen molar-refractivity contribution < 1.29 is 19.2 Å². The Morgan fingerprint density at radius 1 is 1.44 bits per heavy atom. The fraction of sp³-hybridized carbons (Fsp3) is 0.267. The zero-order valence-corrected chi connectivity index (χ0v) is 13.9. The second kappa shape index (κ2) is 7.43. The van der Waals surface area contributed by atoms with Crippen molar-refractivity contribution >= 4 is 23.5 Å². The first kappa shape index (κ1) is 17.9. The lowest BCUT2D eigenvalue weighted by atomic mass is 10.2. The number of ether oxygens (including phenoxy) is 1. The zero-order valence-electron chi connectivity index (χ0n) is 13.9. The van der Waals surface area contributed by atoms with Crippen molar-refractivity contribution in [1.29, 1.82) is 0 Å². The summed E-state index contributed by atoms with van der Waals surface area (Å²) in [7, 11) is 1.48. The third-order valence-electron chi connectivity index (χ3n) is 3.30. The molecule has 0 aliphatic heterocycles. The minimum Gasteiger partial charge on any atom is -0.447 e. The summed E-state index contributed by atoms with van der Waals surface area (Å²) in [5.74, 6) is -0.552. The highest BCUT2D eigenvalue weighted by molar-refractivity contribution is 5.96. The van der Waals surface area contributed by atoms with Crippen LogP contribution in [0.3, 0.4) is 0 Å². The number of hydrogen-bond acceptors (Lipinski definition) is 6. The molecule has 0 saturated heterocycles. The number of aromatic nitrogens is 2. The number of carbonyl (C=O) groups is 2. The zero-order chi connectivity index (χ0) is 18.6. The van der Waals surface area contributed by atoms with Crippen LogP contribution < -0.4 is 10.3 Å². The fourth-order valence-electron chi connectivity index (χ4n) is 2.21. The maximum absolute atomic E-state index is 12.5. The molecule has 10 nitrogen and oxygen atoms in total. The summed E-state index contributed by atoms with van der Waals surface area (Å²) in [4.78, 5) is 38.8. The van der Waals surface area contributed by atoms with Gasteiger partial charge in [0.25, 0.3) is 5.91 Å². The molecule has 0 saturated carbocycles. The monoisotopic (exact) mass is 347 g/mol. The molecule has 0 aliphatic carbocycles. The van der Waals surface area contributed by atoms with E-state index in [4.69, 9.17) is 4.74 Å². The lowest BCUT2D eigenvalue weighted by molar-refractivity contribution is -0.392. The van der Waals surface area contributed by atoms with Crippen LogP contribution in [0.2, 0.25) is 0 Å². The van der Waals surface area contributed by atoms with Crippen LogP contribution in [0.4, 0.5) is 16.3 Å². The maximum Gasteiger partial charge on any atom is 0.450 e. The molecule has 132 valence electrons. The molecule has 25 heavy (non-hydrogen) atoms. The van der Waals surface area contributed by atoms with E-state index >= 15 is 0 Å². The van der Waals surface area contributed by atoms with Crippen LogP contribution in [0, 0.1) is 17.0 Å². The summed E-state index contributed by atoms with van der Waals surface area (Å²) in [6.45, 7) is 3.21. The number of imidazole rings is 1. The van der Waals surface area contributed by atoms with E-state index in [1.807, 2.05) is 0 Å². The van der Waals surface area contributed by atoms with E-state index in [1.165, 1.54) is 26.1 Å². The minimum absolute atomic E-state index is 0.0754. The summed E-state index contributed by atoms with van der Waals surface area (Å²) < 4.78 is 6.04. The van der Waals surface area contributed by atoms with Gasteiger partial charge >= 0.3 is 11.9 Å². The van der Waals surface area contributed by atoms with Gasteiger partial charge in [-0.15, -0.1) is 5.01 Å². The van der Waals surface area contributed by atoms with Crippen LogP contribution in [-0.4, -0.2) is 40.2 Å². The van der Waals surface area contributed by atoms with Gasteiger partial charge in [0.1, 0.15) is 6.20 Å². The van der Waals surface area contributed by atoms with E-state index in [9.17, 15) is 19.7 Å². The van der Waals surface area contributed by atoms with Crippen molar-refractivity contribution in [1.82, 2.24) is 15.0 Å². The van der Waals surface area contributed by atoms with Crippen molar-refractivity contribution in [3.8, 4) is 0 Å². The normalized spacial score (nSPS) is 10.2. The van der Waals surface area contributed by atoms with E-state index in [1.54, 1.807) is 19.1 Å². The summed E-state index contributed by atoms with van der Waals surface area (Å²) >= 11 is 0. The molecule has 1 aromatic heterocycles. The van der Waals surface area contributed by atoms with Crippen LogP contribution in [0.15, 0.2) is 30.5 Å². The molecule has 0 atom stereocenters. The first-order valence-electron chi connectivity index (χ1n) is 7.38. The number of rotatable bonds is 5. The molecule has 10 heteroatoms. The highest BCUT2D eigenvalue weighted by Crippen LogP contribution is 2.24. The summed E-state index contributed by atoms with van der Waals surface area (Å²) in [5, 5.41) is 14.7. The van der Waals surface area contributed by atoms with Gasteiger partial charge < -0.3 is 20.2 Å². The molecule has 1 aromatic carbocycles. The molecule has 1 heterocycles. The van der Waals surface area contributed by atoms with E-state index in [2.05, 4.69) is 10.3 Å². The van der Waals surface area contributed by atoms with E-state index < -0.39 is 16.8 Å². The second-order valence-corrected chi connectivity index (χ2v) is 4.87. The number of hydrogen-bond donors (Lipinski definition) is 1. The molecule has 2 aromatic rings. The molecule has 0 spiro atoms. The number of nitrogens with zero attached hydrogens (tertiary/aromatic N) is 4. The lowest BCUT2D eigenvalue weighted by Crippen LogP contribution is -2.38. The molecular weight excluding hydrogens is 330 g/mol. The van der Waals surface area contributed by atoms with Gasteiger partial charge in [0.05, 0.1) is 12.3 Å². The molecule has 1 N–H and O–H groups in total. The van der Waals surface area contributed by atoms with E-state index in [-0.39, 0.29) is 29.6 Å². The SMILES string of the molecule is CCOC(=O)N(c1cccc(C(=O)NC)c1)n1c([N+](=O)[O-])cnc1C. The van der Waals surface area contributed by atoms with Gasteiger partial charge in [0.15, 0.2) is 0 Å². The molecule has 0 fully saturated rings. The van der Waals surface area contributed by atoms with Crippen molar-refractivity contribution in [2.45, 2.75) is 13.8 Å². The fourth-order valence-corrected chi connectivity index (χ4v) is 2.21. The average molecular weight is 347 g/mol. The Labute approximate surface area is 143 Å². The van der Waals surface area contributed by atoms with Crippen molar-refractivity contribution in [2.75, 3.05) is 18.7 Å². The Morgan fingerprint density at radius 3 is 2.76 bits per heavy atom. The smallest absolute Gasteiger partial charge is 0.447 e. The Bertz CT molecular complexity index is 816. The van der Waals surface area contributed by atoms with Gasteiger partial charge in [0, 0.05) is 19.5 Å². The summed E-state index contributed by atoms with van der Waals surface area (Å²) in [6.07, 6.45) is 0.213. The van der Waals surface area contributed by atoms with Gasteiger partial charge in [-0.05, 0) is 30.0 Å². The molecule has 0 bridgehead atoms. The molecular formula is C15H17N5O5. The van der Waals surface area contributed by atoms with Gasteiger partial charge in [-0.1, -0.05) is 10.7 Å². The summed E-state index contributed by atoms with van der Waals surface area (Å²) in [6, 6.07) is 6.08. The Kier molecular flexibility index (Phi) is 5.32. The summed E-state index contributed by atoms with van der Waals surface area (Å²) in [5.41, 5.74) is 0.512. The third kappa shape index (κ3) is 3.57. The number of benzene rings is 1. The average Bonchev–Trinajstić information content (AvgIpc) is 2.97. The van der Waals surface area contributed by atoms with Gasteiger partial charge in [-0.2, -0.15) is 0 Å². The van der Waals surface area contributed by atoms with Crippen molar-refractivity contribution in [2.24, 2.45) is 0 Å². The molecule has 2 rings (SSSR count). The number of aryl methyl sites for hydroxylation is 1. The maximum atomic E-state index is 12.5. The number of nitrogens with one attached hydrogen (secondary N) is 1. The first-order chi connectivity index (χ1) is 11.9. The standard InChI is InChI=1S/C15H17N5O5/c1-4-25-15(22)19(18-10(2)17-9-13(18)20(23)24)12-7-5-6-11(8-12)14(21)16-3/h5-9H,4H2,1-3H3,(H,16,21). The van der Waals surface area contributed by atoms with Crippen molar-refractivity contribution in [3.63, 3.8) is 0 Å². The van der Waals surface area contributed by atoms with Crippen LogP contribution in [-0.2, 0) is 4.74 Å². The minimum atomic E-state index is -0.833. The third-order valence-corrected chi connectivity index (χ3v) is 3.30. The predicted molar refractivity (Wildman–Crippen MR) is 88.3 cm³/mol. The highest BCUT2D eigenvalue weighted by Gasteiger charge is 2.31. The molecule has 0 unspecified atom stereocenters. The van der Waals surface area contributed by atoms with Crippen LogP contribution in [0.5, 0.6) is 0 Å². The number of nitro groups is 1. The molecule has 2 amide bonds. The van der Waals surface area contributed by atoms with Crippen LogP contribution in [0.1, 0.15) is 23.1 Å². The lowest BCUT2D eigenvalue weighted by Gasteiger charge is -2.20. The van der Waals surface area contributed by atoms with Crippen LogP contribution >= 0.6 is 0 Å². The van der Waals surface area contributed by atoms with E-state index in [0.717, 1.165) is 15.9 Å². The molecule has 0 aliphatic rings. The van der Waals surface area contributed by atoms with E-state index in [0.29, 0.717) is 0 Å². The Morgan fingerprint density at radius 2 is 2.16 bits per heavy atom. The van der Waals surface area contributed by atoms with Gasteiger partial charge in [-0.3, -0.25) is 4.79 Å². The Balaban J connectivity index is 2.63. The largest absolute Gasteiger partial charge is 0.450 e. The first-order valence-corrected chi connectivity index (χ1v) is 7.38. The predicted octanol–water partition coefficient (Wildman–Crippen LogP) is 1.89. The number of anilines is 1. The second-order valence-electron chi connectivity index (χ2n) is 4.87. The topological polar surface area (TPSA) is 120 Å². The van der Waals surface area contributed by atoms with Crippen LogP contribution in [0.25, 0.3) is 0 Å². The molecule has 0 radical (unpaired) electrons. The van der Waals surface area contributed by atoms with Gasteiger partial charge in [-0.25, -0.2) is 9.78 Å². The number of carbonyl (C=O) groups excluding carboxylic acids is 2.